The van der Waals surface area contributed by atoms with E-state index in [9.17, 15) is 0 Å². The first-order valence-electron chi connectivity index (χ1n) is 8.91. The van der Waals surface area contributed by atoms with E-state index in [1.165, 1.54) is 29.7 Å². The molecule has 3 nitrogen and oxygen atoms in total. The number of para-hydroxylation sites is 1. The lowest BCUT2D eigenvalue weighted by atomic mass is 10.0. The van der Waals surface area contributed by atoms with Gasteiger partial charge in [0.1, 0.15) is 0 Å². The summed E-state index contributed by atoms with van der Waals surface area (Å²) >= 11 is 5.69. The van der Waals surface area contributed by atoms with Crippen LogP contribution in [-0.4, -0.2) is 42.2 Å². The summed E-state index contributed by atoms with van der Waals surface area (Å²) in [6.07, 6.45) is 3.47. The molecule has 0 amide bonds. The first kappa shape index (κ1) is 18.2. The molecule has 1 saturated heterocycles. The van der Waals surface area contributed by atoms with Crippen molar-refractivity contribution in [2.45, 2.75) is 59.0 Å². The standard InChI is InChI=1S/C19H31N3S/c1-6-16-9-7-8-15(4)18(16)20-19(23)22-12-10-17(11-13-22)21(5)14(2)3/h7-9,14,17H,6,10-13H2,1-5H3,(H,20,23)/p+1. The molecule has 1 aromatic rings. The number of nitrogens with zero attached hydrogens (tertiary/aromatic N) is 1. The second-order valence-corrected chi connectivity index (χ2v) is 7.44. The second-order valence-electron chi connectivity index (χ2n) is 7.05. The van der Waals surface area contributed by atoms with Crippen molar-refractivity contribution in [1.29, 1.82) is 0 Å². The number of likely N-dealkylation sites (tertiary alicyclic amines) is 1. The number of hydrogen-bond donors (Lipinski definition) is 2. The summed E-state index contributed by atoms with van der Waals surface area (Å²) in [7, 11) is 2.32. The SMILES string of the molecule is CCc1cccc(C)c1NC(=S)N1CCC([NH+](C)C(C)C)CC1. The zero-order chi connectivity index (χ0) is 17.0. The Hall–Kier alpha value is -1.13. The molecule has 1 fully saturated rings. The number of rotatable bonds is 4. The largest absolute Gasteiger partial charge is 0.349 e. The fraction of sp³-hybridized carbons (Fsp3) is 0.632. The minimum atomic E-state index is 0.690. The molecule has 23 heavy (non-hydrogen) atoms. The normalized spacial score (nSPS) is 17.4. The maximum absolute atomic E-state index is 5.69. The van der Waals surface area contributed by atoms with E-state index in [4.69, 9.17) is 12.2 Å². The van der Waals surface area contributed by atoms with Crippen LogP contribution < -0.4 is 10.2 Å². The highest BCUT2D eigenvalue weighted by Gasteiger charge is 2.27. The lowest BCUT2D eigenvalue weighted by Crippen LogP contribution is -3.16. The molecule has 1 atom stereocenters. The number of nitrogens with one attached hydrogen (secondary N) is 2. The van der Waals surface area contributed by atoms with Crippen molar-refractivity contribution >= 4 is 23.0 Å². The molecule has 0 aromatic heterocycles. The van der Waals surface area contributed by atoms with Gasteiger partial charge < -0.3 is 15.1 Å². The molecule has 128 valence electrons. The third-order valence-corrected chi connectivity index (χ3v) is 5.67. The van der Waals surface area contributed by atoms with Gasteiger partial charge in [-0.3, -0.25) is 0 Å². The first-order chi connectivity index (χ1) is 10.9. The molecular weight excluding hydrogens is 302 g/mol. The molecule has 1 aliphatic rings. The molecule has 4 heteroatoms. The van der Waals surface area contributed by atoms with E-state index in [1.807, 2.05) is 0 Å². The van der Waals surface area contributed by atoms with Gasteiger partial charge in [-0.25, -0.2) is 0 Å². The molecule has 2 N–H and O–H groups in total. The average molecular weight is 335 g/mol. The molecule has 1 aromatic carbocycles. The van der Waals surface area contributed by atoms with Crippen LogP contribution >= 0.6 is 12.2 Å². The first-order valence-corrected chi connectivity index (χ1v) is 9.32. The molecule has 1 unspecified atom stereocenters. The summed E-state index contributed by atoms with van der Waals surface area (Å²) in [5, 5.41) is 4.40. The summed E-state index contributed by atoms with van der Waals surface area (Å²) in [5.41, 5.74) is 3.81. The van der Waals surface area contributed by atoms with Crippen LogP contribution in [-0.2, 0) is 6.42 Å². The molecule has 0 bridgehead atoms. The fourth-order valence-corrected chi connectivity index (χ4v) is 3.68. The van der Waals surface area contributed by atoms with Gasteiger partial charge in [-0.2, -0.15) is 0 Å². The topological polar surface area (TPSA) is 19.7 Å². The van der Waals surface area contributed by atoms with Gasteiger partial charge in [0.15, 0.2) is 5.11 Å². The summed E-state index contributed by atoms with van der Waals surface area (Å²) in [6.45, 7) is 11.1. The van der Waals surface area contributed by atoms with Crippen molar-refractivity contribution < 1.29 is 4.90 Å². The lowest BCUT2D eigenvalue weighted by Gasteiger charge is -2.37. The summed E-state index contributed by atoms with van der Waals surface area (Å²) < 4.78 is 0. The van der Waals surface area contributed by atoms with E-state index in [0.29, 0.717) is 6.04 Å². The van der Waals surface area contributed by atoms with Crippen LogP contribution in [0.5, 0.6) is 0 Å². The fourth-order valence-electron chi connectivity index (χ4n) is 3.40. The Balaban J connectivity index is 1.96. The Morgan fingerprint density at radius 3 is 2.57 bits per heavy atom. The Kier molecular flexibility index (Phi) is 6.42. The van der Waals surface area contributed by atoms with Gasteiger partial charge in [-0.05, 0) is 50.5 Å². The highest BCUT2D eigenvalue weighted by molar-refractivity contribution is 7.80. The Labute approximate surface area is 147 Å². The summed E-state index contributed by atoms with van der Waals surface area (Å²) in [5.74, 6) is 0. The number of quaternary nitrogens is 1. The van der Waals surface area contributed by atoms with E-state index >= 15 is 0 Å². The van der Waals surface area contributed by atoms with Crippen molar-refractivity contribution in [3.63, 3.8) is 0 Å². The maximum atomic E-state index is 5.69. The van der Waals surface area contributed by atoms with Gasteiger partial charge in [0.05, 0.1) is 19.1 Å². The van der Waals surface area contributed by atoms with Gasteiger partial charge in [0.2, 0.25) is 0 Å². The number of hydrogen-bond acceptors (Lipinski definition) is 1. The number of aryl methyl sites for hydroxylation is 2. The van der Waals surface area contributed by atoms with Crippen LogP contribution in [0.4, 0.5) is 5.69 Å². The van der Waals surface area contributed by atoms with Crippen molar-refractivity contribution in [3.8, 4) is 0 Å². The summed E-state index contributed by atoms with van der Waals surface area (Å²) in [4.78, 5) is 3.99. The smallest absolute Gasteiger partial charge is 0.173 e. The number of thiocarbonyl (C=S) groups is 1. The molecular formula is C19H32N3S+. The van der Waals surface area contributed by atoms with Gasteiger partial charge >= 0.3 is 0 Å². The van der Waals surface area contributed by atoms with Gasteiger partial charge in [-0.1, -0.05) is 25.1 Å². The molecule has 1 heterocycles. The highest BCUT2D eigenvalue weighted by Crippen LogP contribution is 2.22. The number of anilines is 1. The Morgan fingerprint density at radius 2 is 2.00 bits per heavy atom. The maximum Gasteiger partial charge on any atom is 0.173 e. The van der Waals surface area contributed by atoms with Crippen LogP contribution in [0.2, 0.25) is 0 Å². The molecule has 0 saturated carbocycles. The average Bonchev–Trinajstić information content (AvgIpc) is 2.55. The third-order valence-electron chi connectivity index (χ3n) is 5.31. The molecule has 2 rings (SSSR count). The van der Waals surface area contributed by atoms with Crippen LogP contribution in [0.3, 0.4) is 0 Å². The second kappa shape index (κ2) is 8.11. The quantitative estimate of drug-likeness (QED) is 0.826. The van der Waals surface area contributed by atoms with Crippen molar-refractivity contribution in [1.82, 2.24) is 4.90 Å². The molecule has 0 radical (unpaired) electrons. The molecule has 1 aliphatic heterocycles. The van der Waals surface area contributed by atoms with E-state index in [0.717, 1.165) is 30.7 Å². The zero-order valence-electron chi connectivity index (χ0n) is 15.3. The molecule has 0 spiro atoms. The van der Waals surface area contributed by atoms with Crippen molar-refractivity contribution in [2.24, 2.45) is 0 Å². The van der Waals surface area contributed by atoms with Gasteiger partial charge in [0, 0.05) is 31.6 Å². The predicted molar refractivity (Wildman–Crippen MR) is 103 cm³/mol. The van der Waals surface area contributed by atoms with Crippen LogP contribution in [0, 0.1) is 6.92 Å². The van der Waals surface area contributed by atoms with Crippen molar-refractivity contribution in [3.05, 3.63) is 29.3 Å². The number of benzene rings is 1. The van der Waals surface area contributed by atoms with Crippen LogP contribution in [0.25, 0.3) is 0 Å². The van der Waals surface area contributed by atoms with Gasteiger partial charge in [0.25, 0.3) is 0 Å². The van der Waals surface area contributed by atoms with Gasteiger partial charge in [-0.15, -0.1) is 0 Å². The summed E-state index contributed by atoms with van der Waals surface area (Å²) in [6, 6.07) is 7.91. The van der Waals surface area contributed by atoms with Crippen molar-refractivity contribution in [2.75, 3.05) is 25.5 Å². The number of piperidine rings is 1. The zero-order valence-corrected chi connectivity index (χ0v) is 16.1. The Morgan fingerprint density at radius 1 is 1.35 bits per heavy atom. The monoisotopic (exact) mass is 334 g/mol. The van der Waals surface area contributed by atoms with E-state index in [2.05, 4.69) is 63.2 Å². The lowest BCUT2D eigenvalue weighted by molar-refractivity contribution is -0.928. The predicted octanol–water partition coefficient (Wildman–Crippen LogP) is 2.64. The van der Waals surface area contributed by atoms with Crippen LogP contribution in [0.1, 0.15) is 44.7 Å². The van der Waals surface area contributed by atoms with E-state index in [-0.39, 0.29) is 0 Å². The highest BCUT2D eigenvalue weighted by atomic mass is 32.1. The van der Waals surface area contributed by atoms with E-state index < -0.39 is 0 Å². The van der Waals surface area contributed by atoms with Crippen LogP contribution in [0.15, 0.2) is 18.2 Å². The third kappa shape index (κ3) is 4.45. The minimum absolute atomic E-state index is 0.690. The Bertz CT molecular complexity index is 533. The van der Waals surface area contributed by atoms with E-state index in [1.54, 1.807) is 4.90 Å². The molecule has 0 aliphatic carbocycles. The minimum Gasteiger partial charge on any atom is -0.349 e.